The molecule has 0 bridgehead atoms. The summed E-state index contributed by atoms with van der Waals surface area (Å²) < 4.78 is 11.2. The maximum Gasteiger partial charge on any atom is 0.247 e. The lowest BCUT2D eigenvalue weighted by atomic mass is 10.1. The van der Waals surface area contributed by atoms with E-state index in [0.717, 1.165) is 29.8 Å². The van der Waals surface area contributed by atoms with E-state index in [-0.39, 0.29) is 5.91 Å². The molecule has 124 valence electrons. The van der Waals surface area contributed by atoms with Gasteiger partial charge in [-0.2, -0.15) is 0 Å². The van der Waals surface area contributed by atoms with Crippen molar-refractivity contribution in [2.45, 2.75) is 24.9 Å². The molecule has 1 saturated carbocycles. The highest BCUT2D eigenvalue weighted by Gasteiger charge is 2.28. The van der Waals surface area contributed by atoms with E-state index in [4.69, 9.17) is 9.47 Å². The Kier molecular flexibility index (Phi) is 3.99. The Bertz CT molecular complexity index is 729. The van der Waals surface area contributed by atoms with Crippen molar-refractivity contribution in [3.05, 3.63) is 54.1 Å². The van der Waals surface area contributed by atoms with Gasteiger partial charge in [-0.05, 0) is 30.5 Å². The van der Waals surface area contributed by atoms with Crippen LogP contribution in [-0.4, -0.2) is 25.2 Å². The topological polar surface area (TPSA) is 59.6 Å². The molecule has 0 saturated heterocycles. The molecule has 1 heterocycles. The zero-order chi connectivity index (χ0) is 16.4. The number of ether oxygens (including phenoxy) is 2. The van der Waals surface area contributed by atoms with Crippen LogP contribution in [0.1, 0.15) is 24.4 Å². The predicted octanol–water partition coefficient (Wildman–Crippen LogP) is 2.89. The van der Waals surface area contributed by atoms with Gasteiger partial charge in [0.1, 0.15) is 19.3 Å². The second-order valence-electron chi connectivity index (χ2n) is 6.13. The third-order valence-corrected chi connectivity index (χ3v) is 4.17. The molecule has 1 amide bonds. The summed E-state index contributed by atoms with van der Waals surface area (Å²) in [7, 11) is 0. The van der Waals surface area contributed by atoms with Crippen LogP contribution in [0.15, 0.2) is 48.5 Å². The van der Waals surface area contributed by atoms with Crippen LogP contribution in [-0.2, 0) is 4.79 Å². The summed E-state index contributed by atoms with van der Waals surface area (Å²) in [6.07, 6.45) is 2.13. The van der Waals surface area contributed by atoms with Gasteiger partial charge in [-0.25, -0.2) is 0 Å². The van der Waals surface area contributed by atoms with E-state index in [9.17, 15) is 4.79 Å². The van der Waals surface area contributed by atoms with Gasteiger partial charge in [0, 0.05) is 17.8 Å². The summed E-state index contributed by atoms with van der Waals surface area (Å²) in [4.78, 5) is 12.7. The van der Waals surface area contributed by atoms with Crippen molar-refractivity contribution in [1.82, 2.24) is 5.32 Å². The van der Waals surface area contributed by atoms with E-state index in [1.165, 1.54) is 0 Å². The zero-order valence-corrected chi connectivity index (χ0v) is 13.3. The summed E-state index contributed by atoms with van der Waals surface area (Å²) in [5.41, 5.74) is 1.77. The fourth-order valence-corrected chi connectivity index (χ4v) is 2.76. The highest BCUT2D eigenvalue weighted by Crippen LogP contribution is 2.34. The molecular weight excluding hydrogens is 304 g/mol. The Hall–Kier alpha value is -2.69. The standard InChI is InChI=1S/C19H20N2O3/c22-19(21-14-6-7-14)18(13-4-2-1-3-5-13)20-15-8-9-16-17(12-15)24-11-10-23-16/h1-5,8-9,12,14,18,20H,6-7,10-11H2,(H,21,22)/t18-/m0/s1. The Morgan fingerprint density at radius 2 is 1.75 bits per heavy atom. The molecule has 2 N–H and O–H groups in total. The second-order valence-corrected chi connectivity index (χ2v) is 6.13. The average molecular weight is 324 g/mol. The minimum absolute atomic E-state index is 0.00131. The lowest BCUT2D eigenvalue weighted by Gasteiger charge is -2.22. The van der Waals surface area contributed by atoms with Crippen LogP contribution < -0.4 is 20.1 Å². The van der Waals surface area contributed by atoms with Crippen molar-refractivity contribution in [3.63, 3.8) is 0 Å². The number of carbonyl (C=O) groups is 1. The normalized spacial score (nSPS) is 17.0. The van der Waals surface area contributed by atoms with Gasteiger partial charge < -0.3 is 20.1 Å². The highest BCUT2D eigenvalue weighted by atomic mass is 16.6. The fourth-order valence-electron chi connectivity index (χ4n) is 2.76. The second kappa shape index (κ2) is 6.43. The monoisotopic (exact) mass is 324 g/mol. The molecule has 1 aliphatic heterocycles. The molecule has 1 fully saturated rings. The van der Waals surface area contributed by atoms with Crippen molar-refractivity contribution >= 4 is 11.6 Å². The zero-order valence-electron chi connectivity index (χ0n) is 13.3. The lowest BCUT2D eigenvalue weighted by Crippen LogP contribution is -2.34. The van der Waals surface area contributed by atoms with Crippen molar-refractivity contribution < 1.29 is 14.3 Å². The Morgan fingerprint density at radius 3 is 2.50 bits per heavy atom. The lowest BCUT2D eigenvalue weighted by molar-refractivity contribution is -0.122. The van der Waals surface area contributed by atoms with Crippen LogP contribution in [0, 0.1) is 0 Å². The number of benzene rings is 2. The van der Waals surface area contributed by atoms with Crippen LogP contribution >= 0.6 is 0 Å². The summed E-state index contributed by atoms with van der Waals surface area (Å²) in [6.45, 7) is 1.11. The maximum atomic E-state index is 12.7. The average Bonchev–Trinajstić information content (AvgIpc) is 3.44. The van der Waals surface area contributed by atoms with E-state index >= 15 is 0 Å². The summed E-state index contributed by atoms with van der Waals surface area (Å²) >= 11 is 0. The molecule has 2 aliphatic rings. The molecule has 0 radical (unpaired) electrons. The Labute approximate surface area is 141 Å². The van der Waals surface area contributed by atoms with Gasteiger partial charge in [0.25, 0.3) is 0 Å². The van der Waals surface area contributed by atoms with Crippen molar-refractivity contribution in [1.29, 1.82) is 0 Å². The van der Waals surface area contributed by atoms with Crippen LogP contribution in [0.2, 0.25) is 0 Å². The van der Waals surface area contributed by atoms with E-state index in [2.05, 4.69) is 10.6 Å². The third kappa shape index (κ3) is 3.30. The fraction of sp³-hybridized carbons (Fsp3) is 0.316. The molecule has 2 aromatic carbocycles. The van der Waals surface area contributed by atoms with E-state index in [1.54, 1.807) is 0 Å². The Morgan fingerprint density at radius 1 is 1.00 bits per heavy atom. The summed E-state index contributed by atoms with van der Waals surface area (Å²) in [5, 5.41) is 6.41. The number of carbonyl (C=O) groups excluding carboxylic acids is 1. The molecule has 0 unspecified atom stereocenters. The highest BCUT2D eigenvalue weighted by molar-refractivity contribution is 5.86. The third-order valence-electron chi connectivity index (χ3n) is 4.17. The van der Waals surface area contributed by atoms with Gasteiger partial charge in [0.05, 0.1) is 0 Å². The van der Waals surface area contributed by atoms with Crippen molar-refractivity contribution in [2.24, 2.45) is 0 Å². The van der Waals surface area contributed by atoms with Gasteiger partial charge in [0.15, 0.2) is 11.5 Å². The van der Waals surface area contributed by atoms with Crippen molar-refractivity contribution in [3.8, 4) is 11.5 Å². The van der Waals surface area contributed by atoms with Gasteiger partial charge >= 0.3 is 0 Å². The smallest absolute Gasteiger partial charge is 0.247 e. The first-order chi connectivity index (χ1) is 11.8. The van der Waals surface area contributed by atoms with Crippen LogP contribution in [0.5, 0.6) is 11.5 Å². The van der Waals surface area contributed by atoms with Gasteiger partial charge in [-0.1, -0.05) is 30.3 Å². The molecule has 5 heteroatoms. The Balaban J connectivity index is 1.57. The minimum atomic E-state index is -0.436. The molecule has 0 aromatic heterocycles. The van der Waals surface area contributed by atoms with E-state index in [0.29, 0.717) is 25.0 Å². The van der Waals surface area contributed by atoms with Gasteiger partial charge in [-0.15, -0.1) is 0 Å². The number of nitrogens with one attached hydrogen (secondary N) is 2. The van der Waals surface area contributed by atoms with Crippen molar-refractivity contribution in [2.75, 3.05) is 18.5 Å². The molecule has 0 spiro atoms. The molecule has 1 aliphatic carbocycles. The largest absolute Gasteiger partial charge is 0.486 e. The number of hydrogen-bond donors (Lipinski definition) is 2. The van der Waals surface area contributed by atoms with Gasteiger partial charge in [-0.3, -0.25) is 4.79 Å². The summed E-state index contributed by atoms with van der Waals surface area (Å²) in [6, 6.07) is 15.3. The van der Waals surface area contributed by atoms with Crippen LogP contribution in [0.25, 0.3) is 0 Å². The molecule has 24 heavy (non-hydrogen) atoms. The molecule has 2 aromatic rings. The number of fused-ring (bicyclic) bond motifs is 1. The first-order valence-electron chi connectivity index (χ1n) is 8.31. The number of amides is 1. The minimum Gasteiger partial charge on any atom is -0.486 e. The first-order valence-corrected chi connectivity index (χ1v) is 8.31. The van der Waals surface area contributed by atoms with E-state index < -0.39 is 6.04 Å². The maximum absolute atomic E-state index is 12.7. The van der Waals surface area contributed by atoms with Crippen LogP contribution in [0.4, 0.5) is 5.69 Å². The predicted molar refractivity (Wildman–Crippen MR) is 91.4 cm³/mol. The SMILES string of the molecule is O=C(NC1CC1)[C@@H](Nc1ccc2c(c1)OCCO2)c1ccccc1. The van der Waals surface area contributed by atoms with Crippen LogP contribution in [0.3, 0.4) is 0 Å². The number of anilines is 1. The molecule has 5 nitrogen and oxygen atoms in total. The first kappa shape index (κ1) is 14.9. The van der Waals surface area contributed by atoms with Gasteiger partial charge in [0.2, 0.25) is 5.91 Å². The number of hydrogen-bond acceptors (Lipinski definition) is 4. The quantitative estimate of drug-likeness (QED) is 0.888. The molecule has 4 rings (SSSR count). The van der Waals surface area contributed by atoms with E-state index in [1.807, 2.05) is 48.5 Å². The summed E-state index contributed by atoms with van der Waals surface area (Å²) in [5.74, 6) is 1.45. The molecular formula is C19H20N2O3. The number of rotatable bonds is 5. The molecule has 1 atom stereocenters.